The molecule has 0 radical (unpaired) electrons. The zero-order chi connectivity index (χ0) is 16.0. The minimum atomic E-state index is -3.16. The summed E-state index contributed by atoms with van der Waals surface area (Å²) in [5.74, 6) is 0.300. The molecule has 0 aromatic carbocycles. The van der Waals surface area contributed by atoms with Gasteiger partial charge >= 0.3 is 0 Å². The highest BCUT2D eigenvalue weighted by Crippen LogP contribution is 2.02. The first-order valence-electron chi connectivity index (χ1n) is 7.03. The third-order valence-electron chi connectivity index (χ3n) is 3.12. The Morgan fingerprint density at radius 1 is 1.43 bits per heavy atom. The van der Waals surface area contributed by atoms with Gasteiger partial charge in [-0.3, -0.25) is 4.79 Å². The topological polar surface area (TPSA) is 84.3 Å². The van der Waals surface area contributed by atoms with E-state index in [2.05, 4.69) is 10.3 Å². The van der Waals surface area contributed by atoms with Crippen molar-refractivity contribution in [2.75, 3.05) is 31.2 Å². The van der Waals surface area contributed by atoms with Gasteiger partial charge in [-0.05, 0) is 20.3 Å². The molecule has 7 nitrogen and oxygen atoms in total. The van der Waals surface area contributed by atoms with E-state index in [0.29, 0.717) is 31.9 Å². The number of hydrogen-bond acceptors (Lipinski definition) is 5. The zero-order valence-corrected chi connectivity index (χ0v) is 13.9. The van der Waals surface area contributed by atoms with Crippen molar-refractivity contribution in [1.29, 1.82) is 0 Å². The molecule has 0 bridgehead atoms. The molecule has 21 heavy (non-hydrogen) atoms. The standard InChI is InChI=1S/C13H24N4O3S/c1-5-16(21(4,19)20)9-6-7-14-12-13(18)17(11(2)3)10-8-15-12/h8,10-11H,5-7,9H2,1-4H3,(H,14,15). The first-order valence-corrected chi connectivity index (χ1v) is 8.88. The summed E-state index contributed by atoms with van der Waals surface area (Å²) in [6, 6.07) is 0.0712. The minimum absolute atomic E-state index is 0.0712. The van der Waals surface area contributed by atoms with Crippen LogP contribution in [0.15, 0.2) is 17.2 Å². The second kappa shape index (κ2) is 7.56. The smallest absolute Gasteiger partial charge is 0.293 e. The second-order valence-electron chi connectivity index (χ2n) is 5.12. The van der Waals surface area contributed by atoms with E-state index < -0.39 is 10.0 Å². The second-order valence-corrected chi connectivity index (χ2v) is 7.10. The van der Waals surface area contributed by atoms with Gasteiger partial charge in [0.1, 0.15) is 0 Å². The van der Waals surface area contributed by atoms with E-state index in [1.807, 2.05) is 13.8 Å². The van der Waals surface area contributed by atoms with Crippen molar-refractivity contribution in [1.82, 2.24) is 13.9 Å². The number of nitrogens with zero attached hydrogens (tertiary/aromatic N) is 3. The molecular weight excluding hydrogens is 292 g/mol. The van der Waals surface area contributed by atoms with E-state index >= 15 is 0 Å². The number of rotatable bonds is 8. The van der Waals surface area contributed by atoms with E-state index in [4.69, 9.17) is 0 Å². The van der Waals surface area contributed by atoms with Gasteiger partial charge in [0.2, 0.25) is 10.0 Å². The normalized spacial score (nSPS) is 12.1. The molecule has 0 saturated carbocycles. The number of aromatic nitrogens is 2. The summed E-state index contributed by atoms with van der Waals surface area (Å²) < 4.78 is 25.9. The molecule has 1 aromatic heterocycles. The summed E-state index contributed by atoms with van der Waals surface area (Å²) in [7, 11) is -3.16. The quantitative estimate of drug-likeness (QED) is 0.721. The summed E-state index contributed by atoms with van der Waals surface area (Å²) in [4.78, 5) is 16.1. The molecular formula is C13H24N4O3S. The van der Waals surface area contributed by atoms with E-state index in [9.17, 15) is 13.2 Å². The maximum Gasteiger partial charge on any atom is 0.293 e. The van der Waals surface area contributed by atoms with Crippen LogP contribution < -0.4 is 10.9 Å². The lowest BCUT2D eigenvalue weighted by Crippen LogP contribution is -2.32. The van der Waals surface area contributed by atoms with Crippen LogP contribution in [0, 0.1) is 0 Å². The number of hydrogen-bond donors (Lipinski definition) is 1. The lowest BCUT2D eigenvalue weighted by molar-refractivity contribution is 0.428. The van der Waals surface area contributed by atoms with Crippen molar-refractivity contribution in [3.8, 4) is 0 Å². The van der Waals surface area contributed by atoms with E-state index in [-0.39, 0.29) is 11.6 Å². The minimum Gasteiger partial charge on any atom is -0.365 e. The van der Waals surface area contributed by atoms with Crippen molar-refractivity contribution in [3.63, 3.8) is 0 Å². The lowest BCUT2D eigenvalue weighted by Gasteiger charge is -2.17. The van der Waals surface area contributed by atoms with Gasteiger partial charge in [-0.15, -0.1) is 0 Å². The monoisotopic (exact) mass is 316 g/mol. The predicted octanol–water partition coefficient (Wildman–Crippen LogP) is 0.908. The third-order valence-corrected chi connectivity index (χ3v) is 4.50. The van der Waals surface area contributed by atoms with Gasteiger partial charge in [-0.1, -0.05) is 6.92 Å². The number of nitrogens with one attached hydrogen (secondary N) is 1. The maximum absolute atomic E-state index is 12.1. The Bertz CT molecular complexity index is 610. The molecule has 0 amide bonds. The highest BCUT2D eigenvalue weighted by molar-refractivity contribution is 7.88. The Hall–Kier alpha value is -1.41. The van der Waals surface area contributed by atoms with Crippen molar-refractivity contribution in [2.24, 2.45) is 0 Å². The Morgan fingerprint density at radius 3 is 2.62 bits per heavy atom. The Morgan fingerprint density at radius 2 is 2.10 bits per heavy atom. The lowest BCUT2D eigenvalue weighted by atomic mass is 10.3. The molecule has 1 N–H and O–H groups in total. The van der Waals surface area contributed by atoms with Crippen LogP contribution in [0.25, 0.3) is 0 Å². The molecule has 0 aliphatic rings. The summed E-state index contributed by atoms with van der Waals surface area (Å²) in [5.41, 5.74) is -0.164. The molecule has 8 heteroatoms. The molecule has 0 spiro atoms. The molecule has 0 aliphatic carbocycles. The summed E-state index contributed by atoms with van der Waals surface area (Å²) in [6.45, 7) is 7.02. The van der Waals surface area contributed by atoms with Crippen molar-refractivity contribution in [2.45, 2.75) is 33.2 Å². The van der Waals surface area contributed by atoms with Gasteiger partial charge in [0.05, 0.1) is 6.26 Å². The van der Waals surface area contributed by atoms with E-state index in [0.717, 1.165) is 0 Å². The van der Waals surface area contributed by atoms with Crippen LogP contribution in [0.4, 0.5) is 5.82 Å². The molecule has 0 saturated heterocycles. The van der Waals surface area contributed by atoms with Gasteiger partial charge in [0.15, 0.2) is 5.82 Å². The fourth-order valence-corrected chi connectivity index (χ4v) is 2.90. The molecule has 120 valence electrons. The van der Waals surface area contributed by atoms with Gasteiger partial charge < -0.3 is 9.88 Å². The number of anilines is 1. The first kappa shape index (κ1) is 17.6. The number of sulfonamides is 1. The van der Waals surface area contributed by atoms with E-state index in [1.165, 1.54) is 10.6 Å². The van der Waals surface area contributed by atoms with Gasteiger partial charge in [-0.2, -0.15) is 0 Å². The van der Waals surface area contributed by atoms with Gasteiger partial charge in [0, 0.05) is 38.1 Å². The summed E-state index contributed by atoms with van der Waals surface area (Å²) >= 11 is 0. The molecule has 1 heterocycles. The van der Waals surface area contributed by atoms with Gasteiger partial charge in [0.25, 0.3) is 5.56 Å². The predicted molar refractivity (Wildman–Crippen MR) is 84.1 cm³/mol. The van der Waals surface area contributed by atoms with Crippen LogP contribution in [0.1, 0.15) is 33.2 Å². The Labute approximate surface area is 126 Å². The molecule has 0 aliphatic heterocycles. The molecule has 1 aromatic rings. The van der Waals surface area contributed by atoms with Crippen molar-refractivity contribution in [3.05, 3.63) is 22.7 Å². The molecule has 0 fully saturated rings. The van der Waals surface area contributed by atoms with Gasteiger partial charge in [-0.25, -0.2) is 17.7 Å². The average molecular weight is 316 g/mol. The SMILES string of the molecule is CCN(CCCNc1nccn(C(C)C)c1=O)S(C)(=O)=O. The van der Waals surface area contributed by atoms with Crippen LogP contribution in [-0.4, -0.2) is 48.2 Å². The molecule has 0 unspecified atom stereocenters. The van der Waals surface area contributed by atoms with Crippen LogP contribution in [0.5, 0.6) is 0 Å². The largest absolute Gasteiger partial charge is 0.365 e. The highest BCUT2D eigenvalue weighted by Gasteiger charge is 2.13. The highest BCUT2D eigenvalue weighted by atomic mass is 32.2. The van der Waals surface area contributed by atoms with Crippen LogP contribution in [-0.2, 0) is 10.0 Å². The Kier molecular flexibility index (Phi) is 6.35. The van der Waals surface area contributed by atoms with Crippen molar-refractivity contribution < 1.29 is 8.42 Å². The maximum atomic E-state index is 12.1. The fraction of sp³-hybridized carbons (Fsp3) is 0.692. The summed E-state index contributed by atoms with van der Waals surface area (Å²) in [6.07, 6.45) is 5.04. The third kappa shape index (κ3) is 5.13. The summed E-state index contributed by atoms with van der Waals surface area (Å²) in [5, 5.41) is 2.97. The fourth-order valence-electron chi connectivity index (χ4n) is 1.97. The van der Waals surface area contributed by atoms with Crippen LogP contribution >= 0.6 is 0 Å². The first-order chi connectivity index (χ1) is 9.77. The molecule has 0 atom stereocenters. The zero-order valence-electron chi connectivity index (χ0n) is 13.0. The Balaban J connectivity index is 2.58. The van der Waals surface area contributed by atoms with E-state index in [1.54, 1.807) is 23.9 Å². The van der Waals surface area contributed by atoms with Crippen LogP contribution in [0.3, 0.4) is 0 Å². The average Bonchev–Trinajstić information content (AvgIpc) is 2.38. The molecule has 1 rings (SSSR count). The van der Waals surface area contributed by atoms with Crippen LogP contribution in [0.2, 0.25) is 0 Å². The van der Waals surface area contributed by atoms with Crippen molar-refractivity contribution >= 4 is 15.8 Å².